The van der Waals surface area contributed by atoms with E-state index in [2.05, 4.69) is 10.00 Å². The van der Waals surface area contributed by atoms with E-state index in [0.717, 1.165) is 13.1 Å². The third-order valence-electron chi connectivity index (χ3n) is 5.56. The summed E-state index contributed by atoms with van der Waals surface area (Å²) in [5.74, 6) is -0.00891. The number of piperazine rings is 1. The first-order valence-electron chi connectivity index (χ1n) is 8.91. The fourth-order valence-corrected chi connectivity index (χ4v) is 3.15. The van der Waals surface area contributed by atoms with Crippen LogP contribution in [0, 0.1) is 0 Å². The van der Waals surface area contributed by atoms with Crippen LogP contribution in [0.15, 0.2) is 0 Å². The summed E-state index contributed by atoms with van der Waals surface area (Å²) >= 11 is 0. The minimum absolute atomic E-state index is 0.00891. The minimum atomic E-state index is -4.66. The van der Waals surface area contributed by atoms with E-state index in [-0.39, 0.29) is 11.3 Å². The Balaban J connectivity index is 2.07. The van der Waals surface area contributed by atoms with Crippen molar-refractivity contribution >= 4 is 12.6 Å². The number of rotatable bonds is 3. The van der Waals surface area contributed by atoms with Gasteiger partial charge in [-0.1, -0.05) is 0 Å². The first-order valence-corrected chi connectivity index (χ1v) is 8.91. The molecule has 0 atom stereocenters. The van der Waals surface area contributed by atoms with E-state index in [1.807, 2.05) is 7.05 Å². The van der Waals surface area contributed by atoms with Gasteiger partial charge in [0.1, 0.15) is 0 Å². The quantitative estimate of drug-likeness (QED) is 0.721. The standard InChI is InChI=1S/C16H26BF3N4O3/c1-14(2)15(3,4)27-17(26-14)11-12(16(18,19)20)21-24(13(11)25-6)23-9-7-22(5)8-10-23/h7-10H2,1-6H3. The Hall–Kier alpha value is -1.46. The monoisotopic (exact) mass is 390 g/mol. The number of likely N-dealkylation sites (N-methyl/N-ethyl adjacent to an activating group) is 1. The number of aromatic nitrogens is 2. The molecule has 2 aliphatic heterocycles. The van der Waals surface area contributed by atoms with Crippen molar-refractivity contribution in [1.29, 1.82) is 0 Å². The lowest BCUT2D eigenvalue weighted by Crippen LogP contribution is -2.50. The highest BCUT2D eigenvalue weighted by Gasteiger charge is 2.56. The van der Waals surface area contributed by atoms with Crippen LogP contribution in [0.2, 0.25) is 0 Å². The largest absolute Gasteiger partial charge is 0.502 e. The molecule has 0 aromatic carbocycles. The molecular formula is C16H26BF3N4O3. The molecule has 152 valence electrons. The number of alkyl halides is 3. The van der Waals surface area contributed by atoms with Gasteiger partial charge in [0.25, 0.3) is 0 Å². The lowest BCUT2D eigenvalue weighted by Gasteiger charge is -2.34. The minimum Gasteiger partial charge on any atom is -0.480 e. The van der Waals surface area contributed by atoms with Crippen LogP contribution in [-0.4, -0.2) is 73.4 Å². The van der Waals surface area contributed by atoms with Crippen LogP contribution < -0.4 is 15.2 Å². The van der Waals surface area contributed by atoms with Crippen molar-refractivity contribution < 1.29 is 27.2 Å². The Labute approximate surface area is 157 Å². The zero-order valence-electron chi connectivity index (χ0n) is 16.6. The number of hydrogen-bond acceptors (Lipinski definition) is 6. The smallest absolute Gasteiger partial charge is 0.480 e. The summed E-state index contributed by atoms with van der Waals surface area (Å²) in [6.45, 7) is 9.67. The summed E-state index contributed by atoms with van der Waals surface area (Å²) in [6.07, 6.45) is -4.66. The van der Waals surface area contributed by atoms with Gasteiger partial charge in [-0.05, 0) is 34.7 Å². The maximum absolute atomic E-state index is 13.8. The van der Waals surface area contributed by atoms with Gasteiger partial charge in [0.15, 0.2) is 5.69 Å². The van der Waals surface area contributed by atoms with Crippen molar-refractivity contribution in [2.75, 3.05) is 45.3 Å². The summed E-state index contributed by atoms with van der Waals surface area (Å²) in [7, 11) is 2.08. The second-order valence-electron chi connectivity index (χ2n) is 8.00. The Morgan fingerprint density at radius 2 is 1.56 bits per heavy atom. The van der Waals surface area contributed by atoms with Crippen molar-refractivity contribution in [3.63, 3.8) is 0 Å². The zero-order chi connectivity index (χ0) is 20.2. The summed E-state index contributed by atoms with van der Waals surface area (Å²) in [6, 6.07) is 0. The van der Waals surface area contributed by atoms with Gasteiger partial charge in [-0.25, -0.2) is 0 Å². The summed E-state index contributed by atoms with van der Waals surface area (Å²) in [5, 5.41) is 5.59. The number of halogens is 3. The molecule has 3 heterocycles. The molecule has 11 heteroatoms. The van der Waals surface area contributed by atoms with Crippen molar-refractivity contribution in [2.24, 2.45) is 0 Å². The van der Waals surface area contributed by atoms with Gasteiger partial charge in [0.2, 0.25) is 5.88 Å². The molecule has 1 aromatic rings. The summed E-state index contributed by atoms with van der Waals surface area (Å²) in [5.41, 5.74) is -2.82. The summed E-state index contributed by atoms with van der Waals surface area (Å²) < 4.78 is 58.4. The Kier molecular flexibility index (Phi) is 4.93. The number of nitrogens with zero attached hydrogens (tertiary/aromatic N) is 4. The number of methoxy groups -OCH3 is 1. The van der Waals surface area contributed by atoms with E-state index >= 15 is 0 Å². The third-order valence-corrected chi connectivity index (χ3v) is 5.56. The molecule has 2 saturated heterocycles. The van der Waals surface area contributed by atoms with E-state index < -0.39 is 30.2 Å². The van der Waals surface area contributed by atoms with E-state index in [1.165, 1.54) is 11.9 Å². The van der Waals surface area contributed by atoms with Gasteiger partial charge in [-0.2, -0.15) is 13.2 Å². The van der Waals surface area contributed by atoms with Crippen molar-refractivity contribution in [3.05, 3.63) is 5.69 Å². The fraction of sp³-hybridized carbons (Fsp3) is 0.812. The molecule has 0 spiro atoms. The maximum Gasteiger partial charge on any atom is 0.502 e. The highest BCUT2D eigenvalue weighted by Crippen LogP contribution is 2.39. The molecule has 2 aliphatic rings. The average Bonchev–Trinajstić information content (AvgIpc) is 3.02. The number of hydrogen-bond donors (Lipinski definition) is 0. The van der Waals surface area contributed by atoms with Gasteiger partial charge in [0, 0.05) is 26.2 Å². The predicted octanol–water partition coefficient (Wildman–Crippen LogP) is 1.09. The van der Waals surface area contributed by atoms with E-state index in [0.29, 0.717) is 13.1 Å². The van der Waals surface area contributed by atoms with Crippen molar-refractivity contribution in [2.45, 2.75) is 45.1 Å². The van der Waals surface area contributed by atoms with Crippen LogP contribution in [0.1, 0.15) is 33.4 Å². The highest BCUT2D eigenvalue weighted by molar-refractivity contribution is 6.63. The zero-order valence-corrected chi connectivity index (χ0v) is 16.6. The molecule has 2 fully saturated rings. The van der Waals surface area contributed by atoms with Crippen LogP contribution in [-0.2, 0) is 15.5 Å². The Morgan fingerprint density at radius 1 is 1.04 bits per heavy atom. The predicted molar refractivity (Wildman–Crippen MR) is 94.9 cm³/mol. The lowest BCUT2D eigenvalue weighted by atomic mass is 9.78. The molecule has 0 unspecified atom stereocenters. The molecular weight excluding hydrogens is 364 g/mol. The molecule has 27 heavy (non-hydrogen) atoms. The van der Waals surface area contributed by atoms with E-state index in [9.17, 15) is 13.2 Å². The maximum atomic E-state index is 13.8. The Bertz CT molecular complexity index is 684. The van der Waals surface area contributed by atoms with Crippen molar-refractivity contribution in [1.82, 2.24) is 14.8 Å². The molecule has 0 N–H and O–H groups in total. The van der Waals surface area contributed by atoms with Gasteiger partial charge in [-0.15, -0.1) is 9.89 Å². The molecule has 0 bridgehead atoms. The van der Waals surface area contributed by atoms with Gasteiger partial charge in [0.05, 0.1) is 23.8 Å². The molecule has 0 aliphatic carbocycles. The molecule has 0 radical (unpaired) electrons. The van der Waals surface area contributed by atoms with E-state index in [4.69, 9.17) is 14.0 Å². The van der Waals surface area contributed by atoms with Crippen LogP contribution in [0.25, 0.3) is 0 Å². The topological polar surface area (TPSA) is 52.0 Å². The van der Waals surface area contributed by atoms with Gasteiger partial charge >= 0.3 is 13.3 Å². The lowest BCUT2D eigenvalue weighted by molar-refractivity contribution is -0.140. The first-order chi connectivity index (χ1) is 12.4. The Morgan fingerprint density at radius 3 is 2.00 bits per heavy atom. The van der Waals surface area contributed by atoms with Crippen LogP contribution in [0.5, 0.6) is 5.88 Å². The second-order valence-corrected chi connectivity index (χ2v) is 8.00. The molecule has 1 aromatic heterocycles. The summed E-state index contributed by atoms with van der Waals surface area (Å²) in [4.78, 5) is 3.31. The van der Waals surface area contributed by atoms with Crippen LogP contribution >= 0.6 is 0 Å². The molecule has 0 saturated carbocycles. The second kappa shape index (κ2) is 6.56. The third kappa shape index (κ3) is 3.52. The number of ether oxygens (including phenoxy) is 1. The highest BCUT2D eigenvalue weighted by atomic mass is 19.4. The molecule has 3 rings (SSSR count). The van der Waals surface area contributed by atoms with Crippen LogP contribution in [0.4, 0.5) is 13.2 Å². The van der Waals surface area contributed by atoms with E-state index in [1.54, 1.807) is 32.7 Å². The average molecular weight is 390 g/mol. The van der Waals surface area contributed by atoms with Crippen molar-refractivity contribution in [3.8, 4) is 5.88 Å². The first kappa shape index (κ1) is 20.3. The molecule has 0 amide bonds. The normalized spacial score (nSPS) is 23.1. The van der Waals surface area contributed by atoms with Gasteiger partial charge < -0.3 is 18.9 Å². The SMILES string of the molecule is COc1c(B2OC(C)(C)C(C)(C)O2)c(C(F)(F)F)nn1N1CCN(C)CC1. The van der Waals surface area contributed by atoms with Gasteiger partial charge in [-0.3, -0.25) is 5.01 Å². The fourth-order valence-electron chi connectivity index (χ4n) is 3.15. The molecule has 7 nitrogen and oxygen atoms in total. The van der Waals surface area contributed by atoms with Crippen LogP contribution in [0.3, 0.4) is 0 Å².